The molecule has 0 spiro atoms. The first-order valence-electron chi connectivity index (χ1n) is 9.44. The molecule has 11 heteroatoms. The van der Waals surface area contributed by atoms with E-state index in [4.69, 9.17) is 15.3 Å². The van der Waals surface area contributed by atoms with Gasteiger partial charge in [-0.2, -0.15) is 5.10 Å². The summed E-state index contributed by atoms with van der Waals surface area (Å²) in [5.41, 5.74) is 5.40. The van der Waals surface area contributed by atoms with Crippen LogP contribution in [-0.2, 0) is 11.3 Å². The van der Waals surface area contributed by atoms with Crippen molar-refractivity contribution >= 4 is 29.3 Å². The van der Waals surface area contributed by atoms with Crippen molar-refractivity contribution in [2.45, 2.75) is 18.6 Å². The van der Waals surface area contributed by atoms with Crippen LogP contribution in [0.15, 0.2) is 58.8 Å². The van der Waals surface area contributed by atoms with E-state index >= 15 is 0 Å². The van der Waals surface area contributed by atoms with Gasteiger partial charge >= 0.3 is 0 Å². The van der Waals surface area contributed by atoms with Crippen LogP contribution in [0, 0.1) is 0 Å². The molecule has 0 aliphatic carbocycles. The highest BCUT2D eigenvalue weighted by Gasteiger charge is 2.15. The molecule has 160 valence electrons. The number of rotatable bonds is 8. The van der Waals surface area contributed by atoms with Gasteiger partial charge < -0.3 is 20.6 Å². The highest BCUT2D eigenvalue weighted by atomic mass is 32.2. The largest absolute Gasteiger partial charge is 0.454 e. The van der Waals surface area contributed by atoms with Gasteiger partial charge in [-0.3, -0.25) is 4.79 Å². The van der Waals surface area contributed by atoms with Gasteiger partial charge in [-0.05, 0) is 30.7 Å². The predicted octanol–water partition coefficient (Wildman–Crippen LogP) is 1.97. The number of amides is 1. The zero-order valence-electron chi connectivity index (χ0n) is 16.7. The Morgan fingerprint density at radius 2 is 2.00 bits per heavy atom. The number of nitrogen functional groups attached to an aromatic ring is 1. The lowest BCUT2D eigenvalue weighted by atomic mass is 10.1. The first kappa shape index (κ1) is 20.5. The fourth-order valence-corrected chi connectivity index (χ4v) is 3.44. The Balaban J connectivity index is 1.30. The summed E-state index contributed by atoms with van der Waals surface area (Å²) in [6.45, 7) is 2.53. The Hall–Kier alpha value is -3.73. The number of carbonyl (C=O) groups is 1. The monoisotopic (exact) mass is 439 g/mol. The van der Waals surface area contributed by atoms with Gasteiger partial charge in [0.25, 0.3) is 5.95 Å². The van der Waals surface area contributed by atoms with Crippen LogP contribution < -0.4 is 26.1 Å². The number of thioether (sulfide) groups is 1. The Morgan fingerprint density at radius 3 is 2.84 bits per heavy atom. The lowest BCUT2D eigenvalue weighted by molar-refractivity contribution is -0.118. The number of hydrogen-bond acceptors (Lipinski definition) is 9. The Kier molecular flexibility index (Phi) is 6.22. The van der Waals surface area contributed by atoms with Gasteiger partial charge in [-0.25, -0.2) is 10.1 Å². The molecule has 10 nitrogen and oxygen atoms in total. The van der Waals surface area contributed by atoms with E-state index in [9.17, 15) is 4.79 Å². The van der Waals surface area contributed by atoms with Gasteiger partial charge in [-0.15, -0.1) is 10.2 Å². The molecule has 0 fully saturated rings. The highest BCUT2D eigenvalue weighted by molar-refractivity contribution is 7.99. The van der Waals surface area contributed by atoms with Crippen molar-refractivity contribution in [1.29, 1.82) is 0 Å². The van der Waals surface area contributed by atoms with Crippen molar-refractivity contribution in [2.24, 2.45) is 5.10 Å². The molecule has 2 aromatic carbocycles. The van der Waals surface area contributed by atoms with Gasteiger partial charge in [-0.1, -0.05) is 42.1 Å². The SMILES string of the molecule is C/C(=N\Nc1nnc(SCC(=O)NCc2ccccc2)n1N)c1ccc2c(c1)OCO2. The molecule has 1 aromatic heterocycles. The smallest absolute Gasteiger partial charge is 0.264 e. The second-order valence-corrected chi connectivity index (χ2v) is 7.55. The minimum absolute atomic E-state index is 0.122. The minimum Gasteiger partial charge on any atom is -0.454 e. The Bertz CT molecular complexity index is 1100. The van der Waals surface area contributed by atoms with E-state index in [0.29, 0.717) is 28.9 Å². The van der Waals surface area contributed by atoms with E-state index in [1.54, 1.807) is 0 Å². The normalized spacial score (nSPS) is 12.6. The lowest BCUT2D eigenvalue weighted by Crippen LogP contribution is -2.25. The average Bonchev–Trinajstić information content (AvgIpc) is 3.41. The number of nitrogens with two attached hydrogens (primary N) is 1. The third-order valence-corrected chi connectivity index (χ3v) is 5.39. The molecule has 0 atom stereocenters. The number of aromatic nitrogens is 3. The van der Waals surface area contributed by atoms with Crippen molar-refractivity contribution in [3.05, 3.63) is 59.7 Å². The quantitative estimate of drug-likeness (QED) is 0.210. The molecule has 0 saturated heterocycles. The van der Waals surface area contributed by atoms with Crippen LogP contribution in [0.5, 0.6) is 11.5 Å². The molecule has 0 saturated carbocycles. The summed E-state index contributed by atoms with van der Waals surface area (Å²) in [6.07, 6.45) is 0. The predicted molar refractivity (Wildman–Crippen MR) is 118 cm³/mol. The molecule has 0 unspecified atom stereocenters. The van der Waals surface area contributed by atoms with Gasteiger partial charge in [0.1, 0.15) is 0 Å². The van der Waals surface area contributed by atoms with Crippen molar-refractivity contribution in [3.8, 4) is 11.5 Å². The van der Waals surface area contributed by atoms with Crippen LogP contribution in [0.4, 0.5) is 5.95 Å². The maximum absolute atomic E-state index is 12.1. The fourth-order valence-electron chi connectivity index (χ4n) is 2.75. The lowest BCUT2D eigenvalue weighted by Gasteiger charge is -2.06. The van der Waals surface area contributed by atoms with Gasteiger partial charge in [0.2, 0.25) is 17.9 Å². The van der Waals surface area contributed by atoms with Crippen molar-refractivity contribution in [1.82, 2.24) is 20.2 Å². The van der Waals surface area contributed by atoms with E-state index in [1.165, 1.54) is 16.4 Å². The summed E-state index contributed by atoms with van der Waals surface area (Å²) < 4.78 is 12.0. The van der Waals surface area contributed by atoms with E-state index in [2.05, 4.69) is 26.0 Å². The van der Waals surface area contributed by atoms with Crippen molar-refractivity contribution in [2.75, 3.05) is 23.8 Å². The number of nitrogens with one attached hydrogen (secondary N) is 2. The standard InChI is InChI=1S/C20H21N7O3S/c1-13(15-7-8-16-17(9-15)30-12-29-16)23-24-19-25-26-20(27(19)21)31-11-18(28)22-10-14-5-3-2-4-6-14/h2-9H,10-12,21H2,1H3,(H,22,28)(H,24,25)/b23-13+. The molecular weight excluding hydrogens is 418 g/mol. The third-order valence-electron chi connectivity index (χ3n) is 4.44. The maximum Gasteiger partial charge on any atom is 0.264 e. The molecule has 1 amide bonds. The van der Waals surface area contributed by atoms with Crippen LogP contribution in [0.3, 0.4) is 0 Å². The number of fused-ring (bicyclic) bond motifs is 1. The van der Waals surface area contributed by atoms with Crippen LogP contribution in [-0.4, -0.2) is 39.0 Å². The summed E-state index contributed by atoms with van der Waals surface area (Å²) >= 11 is 1.19. The molecule has 31 heavy (non-hydrogen) atoms. The van der Waals surface area contributed by atoms with Gasteiger partial charge in [0.15, 0.2) is 11.5 Å². The average molecular weight is 440 g/mol. The fraction of sp³-hybridized carbons (Fsp3) is 0.200. The topological polar surface area (TPSA) is 129 Å². The van der Waals surface area contributed by atoms with E-state index < -0.39 is 0 Å². The van der Waals surface area contributed by atoms with Crippen LogP contribution in [0.1, 0.15) is 18.1 Å². The van der Waals surface area contributed by atoms with E-state index in [0.717, 1.165) is 11.1 Å². The maximum atomic E-state index is 12.1. The number of ether oxygens (including phenoxy) is 2. The zero-order valence-corrected chi connectivity index (χ0v) is 17.6. The van der Waals surface area contributed by atoms with E-state index in [1.807, 2.05) is 55.5 Å². The first-order valence-corrected chi connectivity index (χ1v) is 10.4. The number of hydrazone groups is 1. The number of nitrogens with zero attached hydrogens (tertiary/aromatic N) is 4. The van der Waals surface area contributed by atoms with E-state index in [-0.39, 0.29) is 24.4 Å². The molecule has 4 N–H and O–H groups in total. The molecular formula is C20H21N7O3S. The van der Waals surface area contributed by atoms with Gasteiger partial charge in [0.05, 0.1) is 11.5 Å². The second kappa shape index (κ2) is 9.39. The summed E-state index contributed by atoms with van der Waals surface area (Å²) in [7, 11) is 0. The van der Waals surface area contributed by atoms with Crippen molar-refractivity contribution < 1.29 is 14.3 Å². The summed E-state index contributed by atoms with van der Waals surface area (Å²) in [4.78, 5) is 12.1. The molecule has 1 aliphatic rings. The zero-order chi connectivity index (χ0) is 21.6. The number of anilines is 1. The van der Waals surface area contributed by atoms with Crippen LogP contribution in [0.2, 0.25) is 0 Å². The Morgan fingerprint density at radius 1 is 1.19 bits per heavy atom. The molecule has 4 rings (SSSR count). The highest BCUT2D eigenvalue weighted by Crippen LogP contribution is 2.32. The van der Waals surface area contributed by atoms with Crippen LogP contribution in [0.25, 0.3) is 0 Å². The minimum atomic E-state index is -0.122. The molecule has 0 radical (unpaired) electrons. The summed E-state index contributed by atoms with van der Waals surface area (Å²) in [5.74, 6) is 7.71. The molecule has 1 aliphatic heterocycles. The summed E-state index contributed by atoms with van der Waals surface area (Å²) in [5, 5.41) is 15.5. The third kappa shape index (κ3) is 5.07. The number of benzene rings is 2. The van der Waals surface area contributed by atoms with Gasteiger partial charge in [0, 0.05) is 12.1 Å². The summed E-state index contributed by atoms with van der Waals surface area (Å²) in [6, 6.07) is 15.3. The molecule has 2 heterocycles. The Labute approximate surface area is 182 Å². The second-order valence-electron chi connectivity index (χ2n) is 6.60. The van der Waals surface area contributed by atoms with Crippen LogP contribution >= 0.6 is 11.8 Å². The number of carbonyl (C=O) groups excluding carboxylic acids is 1. The van der Waals surface area contributed by atoms with Crippen molar-refractivity contribution in [3.63, 3.8) is 0 Å². The molecule has 3 aromatic rings. The number of hydrogen-bond donors (Lipinski definition) is 3. The first-order chi connectivity index (χ1) is 15.1. The molecule has 0 bridgehead atoms.